The molecule has 43 heavy (non-hydrogen) atoms. The molecule has 0 unspecified atom stereocenters. The normalized spacial score (nSPS) is 13.4. The van der Waals surface area contributed by atoms with Gasteiger partial charge in [0, 0.05) is 30.6 Å². The van der Waals surface area contributed by atoms with Crippen LogP contribution in [0.25, 0.3) is 10.8 Å². The fourth-order valence-corrected chi connectivity index (χ4v) is 4.91. The molecule has 2 aromatic rings. The van der Waals surface area contributed by atoms with E-state index < -0.39 is 29.3 Å². The average molecular weight is 599 g/mol. The van der Waals surface area contributed by atoms with Crippen LogP contribution in [-0.4, -0.2) is 89.4 Å². The summed E-state index contributed by atoms with van der Waals surface area (Å²) in [6.45, 7) is 14.1. The van der Waals surface area contributed by atoms with Crippen molar-refractivity contribution >= 4 is 34.8 Å². The minimum Gasteiger partial charge on any atom is -0.508 e. The van der Waals surface area contributed by atoms with Gasteiger partial charge in [-0.05, 0) is 110 Å². The highest BCUT2D eigenvalue weighted by Gasteiger charge is 2.33. The molecule has 0 saturated heterocycles. The Labute approximate surface area is 253 Å². The molecular formula is C32H46N4O7. The van der Waals surface area contributed by atoms with Gasteiger partial charge in [0.25, 0.3) is 11.8 Å². The number of rotatable bonds is 13. The molecule has 11 heteroatoms. The minimum absolute atomic E-state index is 0.0189. The smallest absolute Gasteiger partial charge is 0.407 e. The molecule has 236 valence electrons. The van der Waals surface area contributed by atoms with Gasteiger partial charge < -0.3 is 30.1 Å². The van der Waals surface area contributed by atoms with Gasteiger partial charge in [0.15, 0.2) is 0 Å². The maximum Gasteiger partial charge on any atom is 0.407 e. The molecule has 1 aliphatic rings. The number of benzene rings is 2. The minimum atomic E-state index is -0.572. The highest BCUT2D eigenvalue weighted by molar-refractivity contribution is 6.25. The first kappa shape index (κ1) is 33.6. The summed E-state index contributed by atoms with van der Waals surface area (Å²) < 4.78 is 10.6. The number of phenols is 1. The lowest BCUT2D eigenvalue weighted by atomic mass is 9.93. The Balaban J connectivity index is 1.55. The van der Waals surface area contributed by atoms with Gasteiger partial charge in [-0.1, -0.05) is 12.1 Å². The van der Waals surface area contributed by atoms with Crippen LogP contribution in [-0.2, 0) is 9.47 Å². The summed E-state index contributed by atoms with van der Waals surface area (Å²) in [5.41, 5.74) is -0.347. The van der Waals surface area contributed by atoms with E-state index >= 15 is 0 Å². The fraction of sp³-hybridized carbons (Fsp3) is 0.562. The predicted molar refractivity (Wildman–Crippen MR) is 164 cm³/mol. The molecule has 0 spiro atoms. The lowest BCUT2D eigenvalue weighted by molar-refractivity contribution is 0.0513. The number of nitrogens with one attached hydrogen (secondary N) is 2. The molecule has 1 aliphatic heterocycles. The lowest BCUT2D eigenvalue weighted by Crippen LogP contribution is -2.42. The number of nitrogens with zero attached hydrogens (tertiary/aromatic N) is 2. The zero-order chi connectivity index (χ0) is 31.8. The van der Waals surface area contributed by atoms with Crippen molar-refractivity contribution in [3.8, 4) is 5.75 Å². The first-order chi connectivity index (χ1) is 20.1. The maximum absolute atomic E-state index is 13.3. The molecule has 0 radical (unpaired) electrons. The molecule has 11 nitrogen and oxygen atoms in total. The van der Waals surface area contributed by atoms with E-state index in [1.807, 2.05) is 41.5 Å². The van der Waals surface area contributed by atoms with Gasteiger partial charge in [-0.3, -0.25) is 14.5 Å². The average Bonchev–Trinajstić information content (AvgIpc) is 2.88. The van der Waals surface area contributed by atoms with E-state index in [9.17, 15) is 24.3 Å². The summed E-state index contributed by atoms with van der Waals surface area (Å²) in [6.07, 6.45) is 1.89. The Bertz CT molecular complexity index is 1310. The highest BCUT2D eigenvalue weighted by Crippen LogP contribution is 2.33. The summed E-state index contributed by atoms with van der Waals surface area (Å²) >= 11 is 0. The number of unbranched alkanes of at least 4 members (excludes halogenated alkanes) is 1. The van der Waals surface area contributed by atoms with Crippen molar-refractivity contribution in [2.75, 3.05) is 39.3 Å². The Hall–Kier alpha value is -3.86. The summed E-state index contributed by atoms with van der Waals surface area (Å²) in [5.74, 6) is -0.768. The highest BCUT2D eigenvalue weighted by atomic mass is 16.6. The molecule has 3 rings (SSSR count). The van der Waals surface area contributed by atoms with E-state index in [1.54, 1.807) is 24.3 Å². The lowest BCUT2D eigenvalue weighted by Gasteiger charge is -2.29. The molecule has 0 atom stereocenters. The second-order valence-corrected chi connectivity index (χ2v) is 12.8. The third-order valence-electron chi connectivity index (χ3n) is 6.66. The van der Waals surface area contributed by atoms with Gasteiger partial charge in [0.1, 0.15) is 17.0 Å². The van der Waals surface area contributed by atoms with E-state index in [1.165, 1.54) is 11.0 Å². The van der Waals surface area contributed by atoms with Gasteiger partial charge in [-0.25, -0.2) is 9.59 Å². The van der Waals surface area contributed by atoms with E-state index in [2.05, 4.69) is 15.5 Å². The number of carbonyl (C=O) groups excluding carboxylic acids is 4. The second-order valence-electron chi connectivity index (χ2n) is 12.8. The molecule has 0 aromatic heterocycles. The van der Waals surface area contributed by atoms with Crippen molar-refractivity contribution in [3.05, 3.63) is 41.5 Å². The molecule has 0 saturated carbocycles. The number of aromatic hydroxyl groups is 1. The van der Waals surface area contributed by atoms with Gasteiger partial charge in [-0.15, -0.1) is 0 Å². The van der Waals surface area contributed by atoms with Crippen LogP contribution in [0.4, 0.5) is 9.59 Å². The Kier molecular flexibility index (Phi) is 11.4. The number of imide groups is 1. The number of phenolic OH excluding ortho intramolecular Hbond substituents is 1. The summed E-state index contributed by atoms with van der Waals surface area (Å²) in [4.78, 5) is 53.9. The first-order valence-electron chi connectivity index (χ1n) is 14.9. The van der Waals surface area contributed by atoms with Gasteiger partial charge >= 0.3 is 12.2 Å². The number of hydrogen-bond acceptors (Lipinski definition) is 8. The summed E-state index contributed by atoms with van der Waals surface area (Å²) in [6, 6.07) is 8.20. The Morgan fingerprint density at radius 1 is 0.791 bits per heavy atom. The molecule has 3 N–H and O–H groups in total. The number of ether oxygens (including phenoxy) is 2. The number of hydrogen-bond donors (Lipinski definition) is 3. The third-order valence-corrected chi connectivity index (χ3v) is 6.66. The van der Waals surface area contributed by atoms with Crippen LogP contribution in [0.15, 0.2) is 30.3 Å². The van der Waals surface area contributed by atoms with Crippen LogP contribution in [0.1, 0.15) is 87.9 Å². The van der Waals surface area contributed by atoms with Crippen molar-refractivity contribution in [1.29, 1.82) is 0 Å². The van der Waals surface area contributed by atoms with Crippen molar-refractivity contribution in [3.63, 3.8) is 0 Å². The van der Waals surface area contributed by atoms with Crippen LogP contribution in [0.5, 0.6) is 5.75 Å². The Morgan fingerprint density at radius 2 is 1.35 bits per heavy atom. The number of carbonyl (C=O) groups is 4. The summed E-state index contributed by atoms with van der Waals surface area (Å²) in [5, 5.41) is 16.9. The van der Waals surface area contributed by atoms with Crippen molar-refractivity contribution < 1.29 is 33.8 Å². The zero-order valence-corrected chi connectivity index (χ0v) is 26.2. The number of alkyl carbamates (subject to hydrolysis) is 2. The van der Waals surface area contributed by atoms with Crippen molar-refractivity contribution in [2.24, 2.45) is 0 Å². The van der Waals surface area contributed by atoms with E-state index in [-0.39, 0.29) is 18.2 Å². The molecule has 0 bridgehead atoms. The fourth-order valence-electron chi connectivity index (χ4n) is 4.91. The van der Waals surface area contributed by atoms with Crippen LogP contribution in [0.2, 0.25) is 0 Å². The van der Waals surface area contributed by atoms with Gasteiger partial charge in [0.05, 0.1) is 5.56 Å². The topological polar surface area (TPSA) is 138 Å². The molecule has 2 aromatic carbocycles. The SMILES string of the molecule is CC(C)(C)OC(=O)NCCCCN(CCCNC(=O)OC(C)(C)C)CCCN1C(=O)c2cccc3cc(O)cc(c23)C1=O. The largest absolute Gasteiger partial charge is 0.508 e. The van der Waals surface area contributed by atoms with Crippen LogP contribution in [0.3, 0.4) is 0 Å². The van der Waals surface area contributed by atoms with Crippen molar-refractivity contribution in [2.45, 2.75) is 78.4 Å². The zero-order valence-electron chi connectivity index (χ0n) is 26.2. The molecule has 4 amide bonds. The van der Waals surface area contributed by atoms with Gasteiger partial charge in [0.2, 0.25) is 0 Å². The molecule has 0 fully saturated rings. The second kappa shape index (κ2) is 14.5. The molecular weight excluding hydrogens is 552 g/mol. The van der Waals surface area contributed by atoms with Crippen LogP contribution >= 0.6 is 0 Å². The molecule has 0 aliphatic carbocycles. The third kappa shape index (κ3) is 10.4. The van der Waals surface area contributed by atoms with E-state index in [0.717, 1.165) is 19.4 Å². The quantitative estimate of drug-likeness (QED) is 0.215. The van der Waals surface area contributed by atoms with Crippen LogP contribution < -0.4 is 10.6 Å². The Morgan fingerprint density at radius 3 is 1.98 bits per heavy atom. The number of amides is 4. The first-order valence-corrected chi connectivity index (χ1v) is 14.9. The van der Waals surface area contributed by atoms with Crippen molar-refractivity contribution in [1.82, 2.24) is 20.4 Å². The summed E-state index contributed by atoms with van der Waals surface area (Å²) in [7, 11) is 0. The monoisotopic (exact) mass is 598 g/mol. The predicted octanol–water partition coefficient (Wildman–Crippen LogP) is 5.05. The van der Waals surface area contributed by atoms with E-state index in [4.69, 9.17) is 9.47 Å². The molecule has 1 heterocycles. The standard InChI is InChI=1S/C32H46N4O7/c1-31(2,3)42-29(40)33-14-7-8-16-35(17-10-15-34-30(41)43-32(4,5)6)18-11-19-36-27(38)24-13-9-12-22-20-23(37)21-25(26(22)24)28(36)39/h9,12-13,20-21,37H,7-8,10-11,14-19H2,1-6H3,(H,33,40)(H,34,41). The maximum atomic E-state index is 13.3. The van der Waals surface area contributed by atoms with Crippen LogP contribution in [0, 0.1) is 0 Å². The van der Waals surface area contributed by atoms with E-state index in [0.29, 0.717) is 60.9 Å². The van der Waals surface area contributed by atoms with Gasteiger partial charge in [-0.2, -0.15) is 0 Å².